The van der Waals surface area contributed by atoms with E-state index in [1.807, 2.05) is 12.1 Å². The first kappa shape index (κ1) is 13.4. The van der Waals surface area contributed by atoms with Gasteiger partial charge in [-0.05, 0) is 71.5 Å². The second-order valence-electron chi connectivity index (χ2n) is 5.75. The molecule has 0 atom stereocenters. The average molecular weight is 339 g/mol. The van der Waals surface area contributed by atoms with Crippen LogP contribution < -0.4 is 11.1 Å². The van der Waals surface area contributed by atoms with Crippen molar-refractivity contribution in [1.82, 2.24) is 0 Å². The highest BCUT2D eigenvalue weighted by molar-refractivity contribution is 9.10. The molecule has 2 nitrogen and oxygen atoms in total. The molecule has 0 saturated heterocycles. The van der Waals surface area contributed by atoms with E-state index in [1.165, 1.54) is 25.7 Å². The van der Waals surface area contributed by atoms with Crippen LogP contribution in [0.15, 0.2) is 22.7 Å². The molecule has 0 aliphatic heterocycles. The Labute approximate surface area is 128 Å². The summed E-state index contributed by atoms with van der Waals surface area (Å²) in [6.45, 7) is 1.06. The first-order chi connectivity index (χ1) is 9.16. The van der Waals surface area contributed by atoms with Crippen molar-refractivity contribution >= 4 is 38.8 Å². The number of hydrogen-bond acceptors (Lipinski definition) is 2. The fourth-order valence-corrected chi connectivity index (χ4v) is 3.85. The average Bonchev–Trinajstić information content (AvgIpc) is 3.23. The number of halogens is 1. The van der Waals surface area contributed by atoms with E-state index in [0.717, 1.165) is 40.0 Å². The van der Waals surface area contributed by atoms with Gasteiger partial charge in [-0.25, -0.2) is 0 Å². The first-order valence-electron chi connectivity index (χ1n) is 6.99. The van der Waals surface area contributed by atoms with Crippen molar-refractivity contribution in [2.24, 2.45) is 23.5 Å². The van der Waals surface area contributed by atoms with E-state index in [4.69, 9.17) is 18.0 Å². The lowest BCUT2D eigenvalue weighted by Gasteiger charge is -2.19. The number of thiocarbonyl (C=S) groups is 1. The molecular weight excluding hydrogens is 320 g/mol. The molecule has 2 fully saturated rings. The van der Waals surface area contributed by atoms with Crippen molar-refractivity contribution in [3.8, 4) is 0 Å². The third-order valence-electron chi connectivity index (χ3n) is 4.24. The number of nitrogens with two attached hydrogens (primary N) is 1. The highest BCUT2D eigenvalue weighted by Crippen LogP contribution is 2.49. The highest BCUT2D eigenvalue weighted by Gasteiger charge is 2.41. The van der Waals surface area contributed by atoms with Gasteiger partial charge in [-0.1, -0.05) is 18.3 Å². The summed E-state index contributed by atoms with van der Waals surface area (Å²) in [7, 11) is 0. The van der Waals surface area contributed by atoms with Gasteiger partial charge in [-0.3, -0.25) is 0 Å². The SMILES string of the molecule is NC(=S)c1c(Br)cccc1NCC(C1CC1)C1CC1. The maximum atomic E-state index is 5.83. The maximum absolute atomic E-state index is 5.83. The number of anilines is 1. The maximum Gasteiger partial charge on any atom is 0.107 e. The second kappa shape index (κ2) is 5.41. The van der Waals surface area contributed by atoms with E-state index < -0.39 is 0 Å². The van der Waals surface area contributed by atoms with E-state index in [9.17, 15) is 0 Å². The van der Waals surface area contributed by atoms with Crippen LogP contribution in [0.1, 0.15) is 31.2 Å². The smallest absolute Gasteiger partial charge is 0.107 e. The van der Waals surface area contributed by atoms with Crippen molar-refractivity contribution in [3.63, 3.8) is 0 Å². The molecule has 0 heterocycles. The summed E-state index contributed by atoms with van der Waals surface area (Å²) in [6, 6.07) is 6.08. The zero-order valence-electron chi connectivity index (χ0n) is 10.9. The molecule has 0 radical (unpaired) electrons. The summed E-state index contributed by atoms with van der Waals surface area (Å²) in [5.74, 6) is 2.76. The van der Waals surface area contributed by atoms with E-state index in [2.05, 4.69) is 27.3 Å². The van der Waals surface area contributed by atoms with Crippen LogP contribution in [0.25, 0.3) is 0 Å². The largest absolute Gasteiger partial charge is 0.389 e. The zero-order valence-corrected chi connectivity index (χ0v) is 13.3. The van der Waals surface area contributed by atoms with Gasteiger partial charge in [-0.2, -0.15) is 0 Å². The minimum absolute atomic E-state index is 0.448. The highest BCUT2D eigenvalue weighted by atomic mass is 79.9. The van der Waals surface area contributed by atoms with Crippen LogP contribution >= 0.6 is 28.1 Å². The lowest BCUT2D eigenvalue weighted by atomic mass is 9.97. The van der Waals surface area contributed by atoms with Gasteiger partial charge in [0, 0.05) is 22.3 Å². The molecule has 3 N–H and O–H groups in total. The minimum Gasteiger partial charge on any atom is -0.389 e. The summed E-state index contributed by atoms with van der Waals surface area (Å²) < 4.78 is 0.972. The van der Waals surface area contributed by atoms with E-state index in [0.29, 0.717) is 4.99 Å². The van der Waals surface area contributed by atoms with Crippen molar-refractivity contribution < 1.29 is 0 Å². The van der Waals surface area contributed by atoms with Gasteiger partial charge in [0.25, 0.3) is 0 Å². The van der Waals surface area contributed by atoms with Gasteiger partial charge in [-0.15, -0.1) is 0 Å². The molecule has 1 aromatic carbocycles. The van der Waals surface area contributed by atoms with Crippen molar-refractivity contribution in [3.05, 3.63) is 28.2 Å². The quantitative estimate of drug-likeness (QED) is 0.771. The molecule has 0 bridgehead atoms. The first-order valence-corrected chi connectivity index (χ1v) is 8.19. The third kappa shape index (κ3) is 3.11. The Hall–Kier alpha value is -0.610. The zero-order chi connectivity index (χ0) is 13.4. The monoisotopic (exact) mass is 338 g/mol. The van der Waals surface area contributed by atoms with Crippen molar-refractivity contribution in [2.75, 3.05) is 11.9 Å². The van der Waals surface area contributed by atoms with Crippen LogP contribution in [0.4, 0.5) is 5.69 Å². The van der Waals surface area contributed by atoms with Crippen molar-refractivity contribution in [2.45, 2.75) is 25.7 Å². The molecule has 0 amide bonds. The molecule has 3 rings (SSSR count). The number of benzene rings is 1. The molecule has 1 aromatic rings. The van der Waals surface area contributed by atoms with Gasteiger partial charge in [0.05, 0.1) is 0 Å². The standard InChI is InChI=1S/C15H19BrN2S/c16-12-2-1-3-13(14(12)15(17)19)18-8-11(9-4-5-9)10-6-7-10/h1-3,9-11,18H,4-8H2,(H2,17,19). The van der Waals surface area contributed by atoms with E-state index >= 15 is 0 Å². The van der Waals surface area contributed by atoms with Crippen LogP contribution in [-0.2, 0) is 0 Å². The molecule has 19 heavy (non-hydrogen) atoms. The molecule has 0 aromatic heterocycles. The minimum atomic E-state index is 0.448. The van der Waals surface area contributed by atoms with Crippen molar-refractivity contribution in [1.29, 1.82) is 0 Å². The number of nitrogens with one attached hydrogen (secondary N) is 1. The van der Waals surface area contributed by atoms with Gasteiger partial charge in [0.2, 0.25) is 0 Å². The number of rotatable bonds is 6. The van der Waals surface area contributed by atoms with E-state index in [1.54, 1.807) is 0 Å². The summed E-state index contributed by atoms with van der Waals surface area (Å²) in [5, 5.41) is 3.58. The molecule has 4 heteroatoms. The number of hydrogen-bond donors (Lipinski definition) is 2. The van der Waals surface area contributed by atoms with Crippen LogP contribution in [-0.4, -0.2) is 11.5 Å². The van der Waals surface area contributed by atoms with Gasteiger partial charge < -0.3 is 11.1 Å². The summed E-state index contributed by atoms with van der Waals surface area (Å²) in [6.07, 6.45) is 5.68. The fraction of sp³-hybridized carbons (Fsp3) is 0.533. The fourth-order valence-electron chi connectivity index (χ4n) is 2.92. The molecule has 2 saturated carbocycles. The molecule has 0 spiro atoms. The second-order valence-corrected chi connectivity index (χ2v) is 7.04. The van der Waals surface area contributed by atoms with Crippen LogP contribution in [0.5, 0.6) is 0 Å². The summed E-state index contributed by atoms with van der Waals surface area (Å²) in [4.78, 5) is 0.448. The lowest BCUT2D eigenvalue weighted by molar-refractivity contribution is 0.428. The summed E-state index contributed by atoms with van der Waals surface area (Å²) in [5.41, 5.74) is 7.82. The Morgan fingerprint density at radius 2 is 1.95 bits per heavy atom. The Kier molecular flexibility index (Phi) is 3.81. The predicted molar refractivity (Wildman–Crippen MR) is 87.5 cm³/mol. The Morgan fingerprint density at radius 3 is 2.47 bits per heavy atom. The van der Waals surface area contributed by atoms with Crippen LogP contribution in [0, 0.1) is 17.8 Å². The Morgan fingerprint density at radius 1 is 1.32 bits per heavy atom. The van der Waals surface area contributed by atoms with Crippen LogP contribution in [0.3, 0.4) is 0 Å². The predicted octanol–water partition coefficient (Wildman–Crippen LogP) is 3.93. The Balaban J connectivity index is 1.72. The summed E-state index contributed by atoms with van der Waals surface area (Å²) >= 11 is 8.68. The molecule has 2 aliphatic carbocycles. The Bertz CT molecular complexity index is 483. The molecular formula is C15H19BrN2S. The lowest BCUT2D eigenvalue weighted by Crippen LogP contribution is -2.21. The topological polar surface area (TPSA) is 38.0 Å². The molecule has 102 valence electrons. The van der Waals surface area contributed by atoms with E-state index in [-0.39, 0.29) is 0 Å². The third-order valence-corrected chi connectivity index (χ3v) is 5.11. The van der Waals surface area contributed by atoms with Gasteiger partial charge >= 0.3 is 0 Å². The molecule has 0 unspecified atom stereocenters. The van der Waals surface area contributed by atoms with Crippen LogP contribution in [0.2, 0.25) is 0 Å². The van der Waals surface area contributed by atoms with Gasteiger partial charge in [0.1, 0.15) is 4.99 Å². The van der Waals surface area contributed by atoms with Gasteiger partial charge in [0.15, 0.2) is 0 Å². The normalized spacial score (nSPS) is 18.6. The molecule has 2 aliphatic rings.